The number of nitrogens with zero attached hydrogens (tertiary/aromatic N) is 2. The summed E-state index contributed by atoms with van der Waals surface area (Å²) in [6.07, 6.45) is 1.79. The van der Waals surface area contributed by atoms with Crippen LogP contribution >= 0.6 is 27.7 Å². The zero-order chi connectivity index (χ0) is 11.1. The molecule has 1 rings (SSSR count). The van der Waals surface area contributed by atoms with Gasteiger partial charge in [-0.2, -0.15) is 11.8 Å². The zero-order valence-electron chi connectivity index (χ0n) is 8.19. The fourth-order valence-corrected chi connectivity index (χ4v) is 2.30. The lowest BCUT2D eigenvalue weighted by Crippen LogP contribution is -2.23. The minimum absolute atomic E-state index is 0.148. The van der Waals surface area contributed by atoms with Crippen LogP contribution in [-0.4, -0.2) is 23.2 Å². The maximum absolute atomic E-state index is 5.21. The Hall–Kier alpha value is -0.750. The Morgan fingerprint density at radius 1 is 1.53 bits per heavy atom. The number of aliphatic imine (C=N–C) groups is 1. The van der Waals surface area contributed by atoms with Crippen LogP contribution in [0.25, 0.3) is 0 Å². The van der Waals surface area contributed by atoms with E-state index in [0.29, 0.717) is 6.54 Å². The van der Waals surface area contributed by atoms with Gasteiger partial charge in [-0.15, -0.1) is 0 Å². The Morgan fingerprint density at radius 2 is 2.33 bits per heavy atom. The molecule has 15 heavy (non-hydrogen) atoms. The summed E-state index contributed by atoms with van der Waals surface area (Å²) in [6, 6.07) is 3.89. The van der Waals surface area contributed by atoms with Crippen LogP contribution in [0.15, 0.2) is 27.8 Å². The average molecular weight is 289 g/mol. The van der Waals surface area contributed by atoms with E-state index in [2.05, 4.69) is 25.9 Å². The highest BCUT2D eigenvalue weighted by Gasteiger charge is 1.99. The third kappa shape index (κ3) is 5.03. The van der Waals surface area contributed by atoms with Gasteiger partial charge >= 0.3 is 0 Å². The van der Waals surface area contributed by atoms with Gasteiger partial charge in [0.2, 0.25) is 0 Å². The average Bonchev–Trinajstić information content (AvgIpc) is 2.20. The second-order valence-electron chi connectivity index (χ2n) is 2.79. The standard InChI is InChI=1S/C9H13BrN4S/c10-7-2-1-3-13-8(7)6-15-5-4-14-9(11)12/h1-3H,4-6H2,(H4,11,12,14). The fourth-order valence-electron chi connectivity index (χ4n) is 0.933. The zero-order valence-corrected chi connectivity index (χ0v) is 10.6. The molecule has 0 bridgehead atoms. The van der Waals surface area contributed by atoms with Gasteiger partial charge in [0.25, 0.3) is 0 Å². The first kappa shape index (κ1) is 12.3. The van der Waals surface area contributed by atoms with Gasteiger partial charge in [0.05, 0.1) is 12.2 Å². The first-order valence-corrected chi connectivity index (χ1v) is 6.37. The Labute approximate surface area is 102 Å². The lowest BCUT2D eigenvalue weighted by molar-refractivity contribution is 1.11. The Balaban J connectivity index is 2.26. The number of pyridine rings is 1. The van der Waals surface area contributed by atoms with Crippen molar-refractivity contribution in [1.82, 2.24) is 4.98 Å². The second kappa shape index (κ2) is 6.68. The van der Waals surface area contributed by atoms with Crippen molar-refractivity contribution >= 4 is 33.7 Å². The molecule has 0 saturated carbocycles. The topological polar surface area (TPSA) is 77.3 Å². The molecule has 4 N–H and O–H groups in total. The fraction of sp³-hybridized carbons (Fsp3) is 0.333. The quantitative estimate of drug-likeness (QED) is 0.487. The van der Waals surface area contributed by atoms with E-state index in [1.807, 2.05) is 12.1 Å². The highest BCUT2D eigenvalue weighted by molar-refractivity contribution is 9.10. The Bertz CT molecular complexity index is 339. The predicted octanol–water partition coefficient (Wildman–Crippen LogP) is 1.35. The number of aromatic nitrogens is 1. The summed E-state index contributed by atoms with van der Waals surface area (Å²) < 4.78 is 1.04. The molecular weight excluding hydrogens is 276 g/mol. The first-order valence-electron chi connectivity index (χ1n) is 4.42. The highest BCUT2D eigenvalue weighted by Crippen LogP contribution is 2.18. The minimum atomic E-state index is 0.148. The minimum Gasteiger partial charge on any atom is -0.370 e. The molecule has 1 aromatic rings. The van der Waals surface area contributed by atoms with Crippen molar-refractivity contribution < 1.29 is 0 Å². The third-order valence-electron chi connectivity index (χ3n) is 1.60. The molecule has 0 amide bonds. The van der Waals surface area contributed by atoms with Crippen LogP contribution in [0.4, 0.5) is 0 Å². The molecule has 0 aromatic carbocycles. The molecule has 6 heteroatoms. The van der Waals surface area contributed by atoms with Gasteiger partial charge in [0.1, 0.15) is 0 Å². The van der Waals surface area contributed by atoms with Crippen LogP contribution in [0.1, 0.15) is 5.69 Å². The van der Waals surface area contributed by atoms with E-state index in [9.17, 15) is 0 Å². The van der Waals surface area contributed by atoms with E-state index >= 15 is 0 Å². The van der Waals surface area contributed by atoms with Crippen LogP contribution in [0.5, 0.6) is 0 Å². The summed E-state index contributed by atoms with van der Waals surface area (Å²) >= 11 is 5.20. The number of hydrogen-bond donors (Lipinski definition) is 2. The first-order chi connectivity index (χ1) is 7.20. The Morgan fingerprint density at radius 3 is 3.00 bits per heavy atom. The second-order valence-corrected chi connectivity index (χ2v) is 4.75. The van der Waals surface area contributed by atoms with Gasteiger partial charge in [0, 0.05) is 22.2 Å². The molecule has 0 aliphatic rings. The summed E-state index contributed by atoms with van der Waals surface area (Å²) in [5.74, 6) is 1.90. The normalized spacial score (nSPS) is 9.93. The van der Waals surface area contributed by atoms with E-state index in [1.165, 1.54) is 0 Å². The van der Waals surface area contributed by atoms with Crippen LogP contribution in [0.3, 0.4) is 0 Å². The number of nitrogens with two attached hydrogens (primary N) is 2. The van der Waals surface area contributed by atoms with Crippen LogP contribution < -0.4 is 11.5 Å². The molecule has 4 nitrogen and oxygen atoms in total. The summed E-state index contributed by atoms with van der Waals surface area (Å²) in [5, 5.41) is 0. The molecule has 0 fully saturated rings. The molecule has 1 aromatic heterocycles. The number of thioether (sulfide) groups is 1. The van der Waals surface area contributed by atoms with Gasteiger partial charge in [-0.25, -0.2) is 0 Å². The monoisotopic (exact) mass is 288 g/mol. The molecule has 0 saturated heterocycles. The smallest absolute Gasteiger partial charge is 0.185 e. The van der Waals surface area contributed by atoms with Crippen molar-refractivity contribution in [3.05, 3.63) is 28.5 Å². The molecular formula is C9H13BrN4S. The van der Waals surface area contributed by atoms with E-state index in [4.69, 9.17) is 11.5 Å². The van der Waals surface area contributed by atoms with Crippen molar-refractivity contribution in [2.45, 2.75) is 5.75 Å². The maximum atomic E-state index is 5.21. The lowest BCUT2D eigenvalue weighted by Gasteiger charge is -2.01. The van der Waals surface area contributed by atoms with Gasteiger partial charge < -0.3 is 11.5 Å². The van der Waals surface area contributed by atoms with Crippen LogP contribution in [-0.2, 0) is 5.75 Å². The van der Waals surface area contributed by atoms with Crippen LogP contribution in [0, 0.1) is 0 Å². The van der Waals surface area contributed by atoms with E-state index in [-0.39, 0.29) is 5.96 Å². The number of halogens is 1. The SMILES string of the molecule is NC(N)=NCCSCc1ncccc1Br. The summed E-state index contributed by atoms with van der Waals surface area (Å²) in [5.41, 5.74) is 11.5. The molecule has 0 unspecified atom stereocenters. The van der Waals surface area contributed by atoms with Crippen molar-refractivity contribution in [2.24, 2.45) is 16.5 Å². The van der Waals surface area contributed by atoms with E-state index in [0.717, 1.165) is 21.7 Å². The largest absolute Gasteiger partial charge is 0.370 e. The molecule has 0 atom stereocenters. The molecule has 0 aliphatic carbocycles. The van der Waals surface area contributed by atoms with Crippen molar-refractivity contribution in [3.63, 3.8) is 0 Å². The van der Waals surface area contributed by atoms with Crippen LogP contribution in [0.2, 0.25) is 0 Å². The Kier molecular flexibility index (Phi) is 5.49. The summed E-state index contributed by atoms with van der Waals surface area (Å²) in [4.78, 5) is 8.16. The third-order valence-corrected chi connectivity index (χ3v) is 3.27. The number of rotatable bonds is 5. The number of hydrogen-bond acceptors (Lipinski definition) is 3. The molecule has 0 radical (unpaired) electrons. The molecule has 1 heterocycles. The summed E-state index contributed by atoms with van der Waals surface area (Å²) in [7, 11) is 0. The lowest BCUT2D eigenvalue weighted by atomic mass is 10.4. The van der Waals surface area contributed by atoms with E-state index < -0.39 is 0 Å². The highest BCUT2D eigenvalue weighted by atomic mass is 79.9. The molecule has 82 valence electrons. The van der Waals surface area contributed by atoms with Crippen molar-refractivity contribution in [1.29, 1.82) is 0 Å². The molecule has 0 spiro atoms. The van der Waals surface area contributed by atoms with Gasteiger partial charge in [0.15, 0.2) is 5.96 Å². The summed E-state index contributed by atoms with van der Waals surface area (Å²) in [6.45, 7) is 0.650. The number of guanidine groups is 1. The van der Waals surface area contributed by atoms with E-state index in [1.54, 1.807) is 18.0 Å². The van der Waals surface area contributed by atoms with Crippen molar-refractivity contribution in [3.8, 4) is 0 Å². The van der Waals surface area contributed by atoms with Gasteiger partial charge in [-0.05, 0) is 28.1 Å². The van der Waals surface area contributed by atoms with Gasteiger partial charge in [-0.1, -0.05) is 0 Å². The van der Waals surface area contributed by atoms with Crippen molar-refractivity contribution in [2.75, 3.05) is 12.3 Å². The van der Waals surface area contributed by atoms with Gasteiger partial charge in [-0.3, -0.25) is 9.98 Å². The predicted molar refractivity (Wildman–Crippen MR) is 68.8 cm³/mol. The maximum Gasteiger partial charge on any atom is 0.185 e. The molecule has 0 aliphatic heterocycles.